The van der Waals surface area contributed by atoms with Gasteiger partial charge >= 0.3 is 0 Å². The summed E-state index contributed by atoms with van der Waals surface area (Å²) in [7, 11) is 0. The highest BCUT2D eigenvalue weighted by Gasteiger charge is 2.34. The van der Waals surface area contributed by atoms with Crippen LogP contribution in [-0.4, -0.2) is 0 Å². The third-order valence-corrected chi connectivity index (χ3v) is 6.85. The quantitative estimate of drug-likeness (QED) is 0.155. The van der Waals surface area contributed by atoms with Crippen molar-refractivity contribution in [1.29, 1.82) is 0 Å². The van der Waals surface area contributed by atoms with Gasteiger partial charge in [-0.15, -0.1) is 0 Å². The van der Waals surface area contributed by atoms with Crippen LogP contribution in [0.4, 0.5) is 0 Å². The zero-order chi connectivity index (χ0) is 20.4. The number of allylic oxidation sites excluding steroid dienone is 2. The van der Waals surface area contributed by atoms with Gasteiger partial charge in [0.2, 0.25) is 0 Å². The first-order chi connectivity index (χ1) is 13.1. The second kappa shape index (κ2) is 17.8. The van der Waals surface area contributed by atoms with Crippen molar-refractivity contribution in [3.8, 4) is 0 Å². The topological polar surface area (TPSA) is 0 Å². The van der Waals surface area contributed by atoms with E-state index in [1.165, 1.54) is 109 Å². The normalized spacial score (nSPS) is 14.7. The largest absolute Gasteiger partial charge is 0.0848 e. The molecule has 0 aliphatic heterocycles. The van der Waals surface area contributed by atoms with E-state index in [0.29, 0.717) is 5.41 Å². The summed E-state index contributed by atoms with van der Waals surface area (Å²) in [5.74, 6) is 0.766. The molecule has 0 fully saturated rings. The molecular weight excluding hydrogens is 324 g/mol. The van der Waals surface area contributed by atoms with E-state index in [1.54, 1.807) is 0 Å². The summed E-state index contributed by atoms with van der Waals surface area (Å²) in [6.45, 7) is 14.4. The van der Waals surface area contributed by atoms with Gasteiger partial charge in [0.1, 0.15) is 0 Å². The molecule has 0 spiro atoms. The van der Waals surface area contributed by atoms with Gasteiger partial charge in [-0.05, 0) is 49.9 Å². The lowest BCUT2D eigenvalue weighted by molar-refractivity contribution is 0.199. The van der Waals surface area contributed by atoms with E-state index in [0.717, 1.165) is 5.92 Å². The van der Waals surface area contributed by atoms with Crippen LogP contribution in [0.2, 0.25) is 0 Å². The maximum Gasteiger partial charge on any atom is -0.00677 e. The Hall–Kier alpha value is -0.260. The summed E-state index contributed by atoms with van der Waals surface area (Å²) in [5.41, 5.74) is 2.30. The van der Waals surface area contributed by atoms with Crippen molar-refractivity contribution in [2.24, 2.45) is 11.3 Å². The molecule has 0 rings (SSSR count). The summed E-state index contributed by atoms with van der Waals surface area (Å²) in [4.78, 5) is 0. The van der Waals surface area contributed by atoms with Crippen LogP contribution in [0.1, 0.15) is 151 Å². The molecule has 0 saturated heterocycles. The average molecular weight is 379 g/mol. The van der Waals surface area contributed by atoms with Crippen molar-refractivity contribution in [2.75, 3.05) is 0 Å². The van der Waals surface area contributed by atoms with Gasteiger partial charge in [-0.3, -0.25) is 0 Å². The van der Waals surface area contributed by atoms with Crippen LogP contribution in [-0.2, 0) is 0 Å². The van der Waals surface area contributed by atoms with E-state index in [1.807, 2.05) is 5.57 Å². The van der Waals surface area contributed by atoms with Gasteiger partial charge in [-0.1, -0.05) is 124 Å². The van der Waals surface area contributed by atoms with Crippen molar-refractivity contribution < 1.29 is 0 Å². The molecular formula is C27H54. The van der Waals surface area contributed by atoms with Crippen molar-refractivity contribution in [1.82, 2.24) is 0 Å². The number of hydrogen-bond acceptors (Lipinski definition) is 0. The fourth-order valence-corrected chi connectivity index (χ4v) is 4.82. The van der Waals surface area contributed by atoms with Crippen LogP contribution in [0.25, 0.3) is 0 Å². The smallest absolute Gasteiger partial charge is 0.00677 e. The zero-order valence-electron chi connectivity index (χ0n) is 20.2. The van der Waals surface area contributed by atoms with Crippen LogP contribution in [0.3, 0.4) is 0 Å². The van der Waals surface area contributed by atoms with E-state index in [9.17, 15) is 0 Å². The molecule has 0 aromatic heterocycles. The Bertz CT molecular complexity index is 338. The second-order valence-corrected chi connectivity index (χ2v) is 9.22. The Morgan fingerprint density at radius 3 is 1.74 bits per heavy atom. The molecule has 162 valence electrons. The third-order valence-electron chi connectivity index (χ3n) is 6.85. The van der Waals surface area contributed by atoms with Crippen LogP contribution in [0.15, 0.2) is 11.6 Å². The monoisotopic (exact) mass is 378 g/mol. The molecule has 0 heterocycles. The Balaban J connectivity index is 5.01. The molecule has 0 heteroatoms. The number of rotatable bonds is 19. The first-order valence-corrected chi connectivity index (χ1v) is 12.8. The highest BCUT2D eigenvalue weighted by Crippen LogP contribution is 2.46. The average Bonchev–Trinajstić information content (AvgIpc) is 2.66. The van der Waals surface area contributed by atoms with Gasteiger partial charge < -0.3 is 0 Å². The summed E-state index contributed by atoms with van der Waals surface area (Å²) in [6, 6.07) is 0. The van der Waals surface area contributed by atoms with Crippen molar-refractivity contribution >= 4 is 0 Å². The summed E-state index contributed by atoms with van der Waals surface area (Å²) in [6.07, 6.45) is 26.3. The van der Waals surface area contributed by atoms with Gasteiger partial charge in [0.05, 0.1) is 0 Å². The zero-order valence-corrected chi connectivity index (χ0v) is 20.2. The maximum absolute atomic E-state index is 2.70. The molecule has 0 aromatic rings. The minimum Gasteiger partial charge on any atom is -0.0848 e. The lowest BCUT2D eigenvalue weighted by atomic mass is 9.64. The van der Waals surface area contributed by atoms with E-state index >= 15 is 0 Å². The van der Waals surface area contributed by atoms with Crippen LogP contribution in [0, 0.1) is 11.3 Å². The Kier molecular flexibility index (Phi) is 17.6. The lowest BCUT2D eigenvalue weighted by Crippen LogP contribution is -2.29. The molecule has 1 unspecified atom stereocenters. The minimum atomic E-state index is 0.461. The van der Waals surface area contributed by atoms with Gasteiger partial charge in [0.15, 0.2) is 0 Å². The first-order valence-electron chi connectivity index (χ1n) is 12.8. The fraction of sp³-hybridized carbons (Fsp3) is 0.926. The Labute approximate surface area is 174 Å². The molecule has 0 nitrogen and oxygen atoms in total. The van der Waals surface area contributed by atoms with Gasteiger partial charge in [-0.2, -0.15) is 0 Å². The van der Waals surface area contributed by atoms with Crippen molar-refractivity contribution in [3.05, 3.63) is 11.6 Å². The van der Waals surface area contributed by atoms with Crippen LogP contribution in [0.5, 0.6) is 0 Å². The molecule has 27 heavy (non-hydrogen) atoms. The third kappa shape index (κ3) is 11.4. The van der Waals surface area contributed by atoms with Crippen molar-refractivity contribution in [3.63, 3.8) is 0 Å². The molecule has 0 aliphatic rings. The highest BCUT2D eigenvalue weighted by molar-refractivity contribution is 5.16. The van der Waals surface area contributed by atoms with Gasteiger partial charge in [-0.25, -0.2) is 0 Å². The molecule has 0 aliphatic carbocycles. The number of hydrogen-bond donors (Lipinski definition) is 0. The molecule has 0 N–H and O–H groups in total. The lowest BCUT2D eigenvalue weighted by Gasteiger charge is -2.40. The van der Waals surface area contributed by atoms with E-state index in [-0.39, 0.29) is 0 Å². The summed E-state index contributed by atoms with van der Waals surface area (Å²) in [5, 5.41) is 0. The maximum atomic E-state index is 2.70. The molecule has 0 radical (unpaired) electrons. The molecule has 1 atom stereocenters. The first kappa shape index (κ1) is 26.7. The van der Waals surface area contributed by atoms with Crippen LogP contribution < -0.4 is 0 Å². The molecule has 0 aromatic carbocycles. The van der Waals surface area contributed by atoms with E-state index in [2.05, 4.69) is 47.6 Å². The van der Waals surface area contributed by atoms with Gasteiger partial charge in [0.25, 0.3) is 0 Å². The predicted molar refractivity (Wildman–Crippen MR) is 127 cm³/mol. The Morgan fingerprint density at radius 1 is 0.667 bits per heavy atom. The van der Waals surface area contributed by atoms with Crippen molar-refractivity contribution in [2.45, 2.75) is 151 Å². The SMILES string of the molecule is CCCCC/C=C(/CCCCCC)C(CC)(CCCCCCCC)C(C)C. The standard InChI is InChI=1S/C27H54/c1-7-11-14-17-18-21-24-27(10-4,25(5)6)26(22-19-15-12-8-2)23-20-16-13-9-3/h22,25H,7-21,23-24H2,1-6H3/b26-22-. The fourth-order valence-electron chi connectivity index (χ4n) is 4.82. The molecule has 0 amide bonds. The predicted octanol–water partition coefficient (Wildman–Crippen LogP) is 10.3. The minimum absolute atomic E-state index is 0.461. The van der Waals surface area contributed by atoms with E-state index < -0.39 is 0 Å². The summed E-state index contributed by atoms with van der Waals surface area (Å²) >= 11 is 0. The summed E-state index contributed by atoms with van der Waals surface area (Å²) < 4.78 is 0. The Morgan fingerprint density at radius 2 is 1.19 bits per heavy atom. The second-order valence-electron chi connectivity index (χ2n) is 9.22. The van der Waals surface area contributed by atoms with Crippen LogP contribution >= 0.6 is 0 Å². The van der Waals surface area contributed by atoms with E-state index in [4.69, 9.17) is 0 Å². The number of unbranched alkanes of at least 4 members (excludes halogenated alkanes) is 11. The van der Waals surface area contributed by atoms with Gasteiger partial charge in [0, 0.05) is 0 Å². The molecule has 0 bridgehead atoms. The molecule has 0 saturated carbocycles. The highest BCUT2D eigenvalue weighted by atomic mass is 14.4.